The molecule has 0 aliphatic heterocycles. The summed E-state index contributed by atoms with van der Waals surface area (Å²) < 4.78 is 7.49. The normalized spacial score (nSPS) is 16.9. The van der Waals surface area contributed by atoms with Crippen molar-refractivity contribution in [3.63, 3.8) is 0 Å². The number of nitrogens with two attached hydrogens (primary N) is 1. The summed E-state index contributed by atoms with van der Waals surface area (Å²) in [5, 5.41) is 4.10. The van der Waals surface area contributed by atoms with Crippen LogP contribution in [0.15, 0.2) is 12.3 Å². The molecule has 4 heteroatoms. The molecule has 4 nitrogen and oxygen atoms in total. The zero-order valence-corrected chi connectivity index (χ0v) is 8.35. The van der Waals surface area contributed by atoms with E-state index in [0.717, 1.165) is 19.6 Å². The van der Waals surface area contributed by atoms with Gasteiger partial charge in [0.05, 0.1) is 6.10 Å². The Balaban J connectivity index is 1.58. The zero-order valence-electron chi connectivity index (χ0n) is 8.35. The second-order valence-electron chi connectivity index (χ2n) is 3.78. The molecular formula is C10H17N3O. The van der Waals surface area contributed by atoms with Crippen LogP contribution in [0, 0.1) is 0 Å². The highest BCUT2D eigenvalue weighted by Gasteiger charge is 2.16. The average molecular weight is 195 g/mol. The molecule has 1 saturated carbocycles. The molecule has 1 aliphatic carbocycles. The van der Waals surface area contributed by atoms with Gasteiger partial charge in [0.2, 0.25) is 0 Å². The van der Waals surface area contributed by atoms with Gasteiger partial charge in [-0.2, -0.15) is 5.10 Å². The van der Waals surface area contributed by atoms with Crippen LogP contribution >= 0.6 is 0 Å². The van der Waals surface area contributed by atoms with Crippen LogP contribution in [-0.4, -0.2) is 22.5 Å². The molecular weight excluding hydrogens is 178 g/mol. The summed E-state index contributed by atoms with van der Waals surface area (Å²) in [6.45, 7) is 1.73. The second-order valence-corrected chi connectivity index (χ2v) is 3.78. The third kappa shape index (κ3) is 2.48. The minimum atomic E-state index is 0.540. The van der Waals surface area contributed by atoms with E-state index >= 15 is 0 Å². The van der Waals surface area contributed by atoms with E-state index in [1.807, 2.05) is 16.9 Å². The predicted octanol–water partition coefficient (Wildman–Crippen LogP) is 1.42. The van der Waals surface area contributed by atoms with Crippen molar-refractivity contribution in [3.8, 4) is 0 Å². The number of hydrogen-bond acceptors (Lipinski definition) is 3. The highest BCUT2D eigenvalue weighted by molar-refractivity contribution is 5.23. The third-order valence-electron chi connectivity index (χ3n) is 2.60. The SMILES string of the molecule is Nc1ccn(CCCOC2CCC2)n1. The second kappa shape index (κ2) is 4.46. The number of aromatic nitrogens is 2. The maximum atomic E-state index is 5.63. The molecule has 78 valence electrons. The van der Waals surface area contributed by atoms with Crippen molar-refractivity contribution in [2.24, 2.45) is 0 Å². The smallest absolute Gasteiger partial charge is 0.145 e. The monoisotopic (exact) mass is 195 g/mol. The number of hydrogen-bond donors (Lipinski definition) is 1. The van der Waals surface area contributed by atoms with Crippen LogP contribution in [0.4, 0.5) is 5.82 Å². The number of nitrogens with zero attached hydrogens (tertiary/aromatic N) is 2. The van der Waals surface area contributed by atoms with Gasteiger partial charge in [0.15, 0.2) is 0 Å². The van der Waals surface area contributed by atoms with Crippen molar-refractivity contribution in [3.05, 3.63) is 12.3 Å². The lowest BCUT2D eigenvalue weighted by Gasteiger charge is -2.25. The molecule has 1 aromatic heterocycles. The zero-order chi connectivity index (χ0) is 9.80. The van der Waals surface area contributed by atoms with Crippen LogP contribution < -0.4 is 5.73 Å². The van der Waals surface area contributed by atoms with Gasteiger partial charge in [0.1, 0.15) is 5.82 Å². The molecule has 0 aromatic carbocycles. The summed E-state index contributed by atoms with van der Waals surface area (Å²) in [6.07, 6.45) is 7.28. The van der Waals surface area contributed by atoms with Crippen LogP contribution in [0.3, 0.4) is 0 Å². The van der Waals surface area contributed by atoms with Crippen molar-refractivity contribution in [1.29, 1.82) is 0 Å². The van der Waals surface area contributed by atoms with E-state index in [-0.39, 0.29) is 0 Å². The molecule has 0 radical (unpaired) electrons. The molecule has 0 saturated heterocycles. The van der Waals surface area contributed by atoms with Crippen molar-refractivity contribution in [2.45, 2.75) is 38.3 Å². The van der Waals surface area contributed by atoms with Crippen LogP contribution in [0.25, 0.3) is 0 Å². The molecule has 2 N–H and O–H groups in total. The Labute approximate surface area is 84.0 Å². The van der Waals surface area contributed by atoms with Crippen LogP contribution in [-0.2, 0) is 11.3 Å². The van der Waals surface area contributed by atoms with E-state index in [0.29, 0.717) is 11.9 Å². The van der Waals surface area contributed by atoms with Gasteiger partial charge >= 0.3 is 0 Å². The summed E-state index contributed by atoms with van der Waals surface area (Å²) in [4.78, 5) is 0. The Hall–Kier alpha value is -1.03. The van der Waals surface area contributed by atoms with Gasteiger partial charge in [0, 0.05) is 19.3 Å². The number of aryl methyl sites for hydroxylation is 1. The molecule has 1 aromatic rings. The van der Waals surface area contributed by atoms with Gasteiger partial charge in [-0.3, -0.25) is 4.68 Å². The van der Waals surface area contributed by atoms with E-state index in [1.165, 1.54) is 19.3 Å². The first-order chi connectivity index (χ1) is 6.84. The van der Waals surface area contributed by atoms with Gasteiger partial charge in [-0.1, -0.05) is 0 Å². The molecule has 0 amide bonds. The van der Waals surface area contributed by atoms with Gasteiger partial charge < -0.3 is 10.5 Å². The van der Waals surface area contributed by atoms with Gasteiger partial charge in [0.25, 0.3) is 0 Å². The Kier molecular flexibility index (Phi) is 3.03. The fourth-order valence-electron chi connectivity index (χ4n) is 1.52. The van der Waals surface area contributed by atoms with Crippen molar-refractivity contribution in [1.82, 2.24) is 9.78 Å². The quantitative estimate of drug-likeness (QED) is 0.723. The minimum absolute atomic E-state index is 0.540. The van der Waals surface area contributed by atoms with E-state index < -0.39 is 0 Å². The van der Waals surface area contributed by atoms with Crippen molar-refractivity contribution >= 4 is 5.82 Å². The molecule has 2 rings (SSSR count). The topological polar surface area (TPSA) is 53.1 Å². The molecule has 0 bridgehead atoms. The van der Waals surface area contributed by atoms with Crippen LogP contribution in [0.2, 0.25) is 0 Å². The molecule has 0 unspecified atom stereocenters. The lowest BCUT2D eigenvalue weighted by atomic mass is 9.96. The molecule has 0 atom stereocenters. The lowest BCUT2D eigenvalue weighted by molar-refractivity contribution is -0.000130. The fraction of sp³-hybridized carbons (Fsp3) is 0.700. The molecule has 1 heterocycles. The number of rotatable bonds is 5. The summed E-state index contributed by atoms with van der Waals surface area (Å²) in [7, 11) is 0. The summed E-state index contributed by atoms with van der Waals surface area (Å²) >= 11 is 0. The summed E-state index contributed by atoms with van der Waals surface area (Å²) in [6, 6.07) is 1.81. The Morgan fingerprint density at radius 2 is 2.43 bits per heavy atom. The Bertz CT molecular complexity index is 281. The first-order valence-electron chi connectivity index (χ1n) is 5.25. The number of ether oxygens (including phenoxy) is 1. The number of nitrogen functional groups attached to an aromatic ring is 1. The largest absolute Gasteiger partial charge is 0.382 e. The fourth-order valence-corrected chi connectivity index (χ4v) is 1.52. The van der Waals surface area contributed by atoms with Gasteiger partial charge in [-0.15, -0.1) is 0 Å². The van der Waals surface area contributed by atoms with Gasteiger partial charge in [-0.05, 0) is 31.7 Å². The Morgan fingerprint density at radius 1 is 1.57 bits per heavy atom. The highest BCUT2D eigenvalue weighted by Crippen LogP contribution is 2.21. The first-order valence-corrected chi connectivity index (χ1v) is 5.25. The van der Waals surface area contributed by atoms with Crippen molar-refractivity contribution in [2.75, 3.05) is 12.3 Å². The first kappa shape index (κ1) is 9.52. The van der Waals surface area contributed by atoms with Crippen LogP contribution in [0.5, 0.6) is 0 Å². The average Bonchev–Trinajstić information content (AvgIpc) is 2.48. The standard InChI is InChI=1S/C10H17N3O/c11-10-5-7-13(12-10)6-2-8-14-9-3-1-4-9/h5,7,9H,1-4,6,8H2,(H2,11,12). The molecule has 14 heavy (non-hydrogen) atoms. The molecule has 0 spiro atoms. The van der Waals surface area contributed by atoms with E-state index in [9.17, 15) is 0 Å². The number of anilines is 1. The predicted molar refractivity (Wildman–Crippen MR) is 54.8 cm³/mol. The Morgan fingerprint density at radius 3 is 3.00 bits per heavy atom. The summed E-state index contributed by atoms with van der Waals surface area (Å²) in [5.74, 6) is 0.588. The summed E-state index contributed by atoms with van der Waals surface area (Å²) in [5.41, 5.74) is 5.50. The molecule has 1 aliphatic rings. The van der Waals surface area contributed by atoms with E-state index in [1.54, 1.807) is 0 Å². The highest BCUT2D eigenvalue weighted by atomic mass is 16.5. The lowest BCUT2D eigenvalue weighted by Crippen LogP contribution is -2.22. The molecule has 1 fully saturated rings. The van der Waals surface area contributed by atoms with Crippen LogP contribution in [0.1, 0.15) is 25.7 Å². The van der Waals surface area contributed by atoms with E-state index in [4.69, 9.17) is 10.5 Å². The van der Waals surface area contributed by atoms with Gasteiger partial charge in [-0.25, -0.2) is 0 Å². The third-order valence-corrected chi connectivity index (χ3v) is 2.60. The maximum absolute atomic E-state index is 5.63. The minimum Gasteiger partial charge on any atom is -0.382 e. The van der Waals surface area contributed by atoms with E-state index in [2.05, 4.69) is 5.10 Å². The van der Waals surface area contributed by atoms with Crippen molar-refractivity contribution < 1.29 is 4.74 Å². The maximum Gasteiger partial charge on any atom is 0.145 e.